The normalized spacial score (nSPS) is 32.2. The van der Waals surface area contributed by atoms with Gasteiger partial charge in [-0.05, 0) is 31.6 Å². The van der Waals surface area contributed by atoms with Crippen LogP contribution in [0.5, 0.6) is 0 Å². The van der Waals surface area contributed by atoms with Crippen molar-refractivity contribution < 1.29 is 9.84 Å². The summed E-state index contributed by atoms with van der Waals surface area (Å²) >= 11 is 0. The van der Waals surface area contributed by atoms with E-state index in [9.17, 15) is 0 Å². The van der Waals surface area contributed by atoms with E-state index in [1.54, 1.807) is 0 Å². The van der Waals surface area contributed by atoms with E-state index >= 15 is 0 Å². The van der Waals surface area contributed by atoms with Gasteiger partial charge in [0.25, 0.3) is 0 Å². The number of ether oxygens (including phenoxy) is 1. The Labute approximate surface area is 74.9 Å². The molecule has 0 radical (unpaired) electrons. The third-order valence-electron chi connectivity index (χ3n) is 2.81. The topological polar surface area (TPSA) is 29.5 Å². The number of aliphatic hydroxyl groups excluding tert-OH is 1. The van der Waals surface area contributed by atoms with Crippen LogP contribution in [-0.2, 0) is 4.74 Å². The van der Waals surface area contributed by atoms with Crippen LogP contribution in [0.25, 0.3) is 0 Å². The molecule has 3 unspecified atom stereocenters. The third kappa shape index (κ3) is 2.46. The molecule has 1 N–H and O–H groups in total. The van der Waals surface area contributed by atoms with E-state index in [2.05, 4.69) is 13.8 Å². The lowest BCUT2D eigenvalue weighted by Crippen LogP contribution is -2.19. The molecule has 0 aromatic rings. The van der Waals surface area contributed by atoms with Gasteiger partial charge >= 0.3 is 0 Å². The van der Waals surface area contributed by atoms with Crippen LogP contribution in [0.3, 0.4) is 0 Å². The van der Waals surface area contributed by atoms with Crippen LogP contribution in [0, 0.1) is 5.92 Å². The third-order valence-corrected chi connectivity index (χ3v) is 2.81. The summed E-state index contributed by atoms with van der Waals surface area (Å²) in [5, 5.41) is 8.76. The largest absolute Gasteiger partial charge is 0.396 e. The molecule has 1 saturated heterocycles. The molecular formula is C10H20O2. The van der Waals surface area contributed by atoms with Crippen molar-refractivity contribution in [3.05, 3.63) is 0 Å². The molecule has 1 rings (SSSR count). The molecule has 1 heterocycles. The molecule has 72 valence electrons. The Morgan fingerprint density at radius 3 is 2.75 bits per heavy atom. The predicted molar refractivity (Wildman–Crippen MR) is 49.1 cm³/mol. The van der Waals surface area contributed by atoms with Crippen molar-refractivity contribution in [2.75, 3.05) is 6.61 Å². The fraction of sp³-hybridized carbons (Fsp3) is 1.00. The predicted octanol–water partition coefficient (Wildman–Crippen LogP) is 1.96. The van der Waals surface area contributed by atoms with Gasteiger partial charge in [0.1, 0.15) is 0 Å². The van der Waals surface area contributed by atoms with Crippen molar-refractivity contribution >= 4 is 0 Å². The number of aliphatic hydroxyl groups is 1. The Bertz CT molecular complexity index is 125. The molecule has 1 aliphatic rings. The molecule has 12 heavy (non-hydrogen) atoms. The second kappa shape index (κ2) is 4.83. The quantitative estimate of drug-likeness (QED) is 0.702. The number of hydrogen-bond acceptors (Lipinski definition) is 2. The average molecular weight is 172 g/mol. The van der Waals surface area contributed by atoms with E-state index in [4.69, 9.17) is 9.84 Å². The van der Waals surface area contributed by atoms with Crippen LogP contribution in [-0.4, -0.2) is 23.9 Å². The first kappa shape index (κ1) is 10.0. The van der Waals surface area contributed by atoms with Crippen LogP contribution in [0.15, 0.2) is 0 Å². The lowest BCUT2D eigenvalue weighted by molar-refractivity contribution is 0.00787. The highest BCUT2D eigenvalue weighted by atomic mass is 16.5. The Kier molecular flexibility index (Phi) is 4.02. The second-order valence-corrected chi connectivity index (χ2v) is 3.77. The first-order valence-corrected chi connectivity index (χ1v) is 5.04. The highest BCUT2D eigenvalue weighted by Crippen LogP contribution is 2.28. The van der Waals surface area contributed by atoms with E-state index in [0.29, 0.717) is 18.1 Å². The van der Waals surface area contributed by atoms with E-state index in [-0.39, 0.29) is 6.61 Å². The van der Waals surface area contributed by atoms with Gasteiger partial charge in [0.2, 0.25) is 0 Å². The molecule has 2 heteroatoms. The summed E-state index contributed by atoms with van der Waals surface area (Å²) in [6.07, 6.45) is 5.28. The van der Waals surface area contributed by atoms with Crippen molar-refractivity contribution in [3.8, 4) is 0 Å². The fourth-order valence-electron chi connectivity index (χ4n) is 1.84. The van der Waals surface area contributed by atoms with Gasteiger partial charge in [0.05, 0.1) is 12.2 Å². The van der Waals surface area contributed by atoms with Crippen molar-refractivity contribution in [3.63, 3.8) is 0 Å². The maximum absolute atomic E-state index is 8.76. The standard InChI is InChI=1S/C10H20O2/c1-3-9-4-5-10(12-9)8(2)6-7-11/h8-11H,3-7H2,1-2H3. The van der Waals surface area contributed by atoms with Crippen LogP contribution in [0.4, 0.5) is 0 Å². The zero-order valence-corrected chi connectivity index (χ0v) is 8.12. The van der Waals surface area contributed by atoms with Gasteiger partial charge < -0.3 is 9.84 Å². The van der Waals surface area contributed by atoms with Crippen molar-refractivity contribution in [2.45, 2.75) is 51.7 Å². The molecule has 0 aromatic heterocycles. The van der Waals surface area contributed by atoms with Gasteiger partial charge in [-0.2, -0.15) is 0 Å². The molecule has 0 aromatic carbocycles. The minimum absolute atomic E-state index is 0.290. The lowest BCUT2D eigenvalue weighted by Gasteiger charge is -2.18. The van der Waals surface area contributed by atoms with Crippen molar-refractivity contribution in [1.29, 1.82) is 0 Å². The van der Waals surface area contributed by atoms with Crippen molar-refractivity contribution in [1.82, 2.24) is 0 Å². The molecule has 0 bridgehead atoms. The second-order valence-electron chi connectivity index (χ2n) is 3.77. The van der Waals surface area contributed by atoms with Crippen molar-refractivity contribution in [2.24, 2.45) is 5.92 Å². The minimum atomic E-state index is 0.290. The van der Waals surface area contributed by atoms with Gasteiger partial charge in [-0.25, -0.2) is 0 Å². The Morgan fingerprint density at radius 2 is 2.25 bits per heavy atom. The van der Waals surface area contributed by atoms with Gasteiger partial charge in [-0.1, -0.05) is 13.8 Å². The summed E-state index contributed by atoms with van der Waals surface area (Å²) in [6.45, 7) is 4.63. The maximum Gasteiger partial charge on any atom is 0.0606 e. The zero-order chi connectivity index (χ0) is 8.97. The lowest BCUT2D eigenvalue weighted by atomic mass is 9.99. The number of hydrogen-bond donors (Lipinski definition) is 1. The molecule has 0 saturated carbocycles. The molecule has 2 nitrogen and oxygen atoms in total. The average Bonchev–Trinajstić information content (AvgIpc) is 2.52. The Morgan fingerprint density at radius 1 is 1.50 bits per heavy atom. The molecule has 0 amide bonds. The van der Waals surface area contributed by atoms with Gasteiger partial charge in [0, 0.05) is 6.61 Å². The summed E-state index contributed by atoms with van der Waals surface area (Å²) in [7, 11) is 0. The maximum atomic E-state index is 8.76. The summed E-state index contributed by atoms with van der Waals surface area (Å²) < 4.78 is 5.81. The van der Waals surface area contributed by atoms with Gasteiger partial charge in [0.15, 0.2) is 0 Å². The Balaban J connectivity index is 2.25. The van der Waals surface area contributed by atoms with Crippen LogP contribution >= 0.6 is 0 Å². The SMILES string of the molecule is CCC1CCC(C(C)CCO)O1. The van der Waals surface area contributed by atoms with Crippen LogP contribution in [0.1, 0.15) is 39.5 Å². The van der Waals surface area contributed by atoms with Gasteiger partial charge in [-0.3, -0.25) is 0 Å². The summed E-state index contributed by atoms with van der Waals surface area (Å²) in [5.41, 5.74) is 0. The smallest absolute Gasteiger partial charge is 0.0606 e. The molecule has 0 aliphatic carbocycles. The minimum Gasteiger partial charge on any atom is -0.396 e. The summed E-state index contributed by atoms with van der Waals surface area (Å²) in [4.78, 5) is 0. The van der Waals surface area contributed by atoms with E-state index < -0.39 is 0 Å². The summed E-state index contributed by atoms with van der Waals surface area (Å²) in [5.74, 6) is 0.520. The first-order valence-electron chi connectivity index (χ1n) is 5.04. The van der Waals surface area contributed by atoms with E-state index in [1.807, 2.05) is 0 Å². The molecule has 0 spiro atoms. The fourth-order valence-corrected chi connectivity index (χ4v) is 1.84. The Hall–Kier alpha value is -0.0800. The van der Waals surface area contributed by atoms with Gasteiger partial charge in [-0.15, -0.1) is 0 Å². The molecule has 1 fully saturated rings. The first-order chi connectivity index (χ1) is 5.77. The van der Waals surface area contributed by atoms with E-state index in [0.717, 1.165) is 12.8 Å². The van der Waals surface area contributed by atoms with Crippen LogP contribution < -0.4 is 0 Å². The highest BCUT2D eigenvalue weighted by molar-refractivity contribution is 4.76. The van der Waals surface area contributed by atoms with E-state index in [1.165, 1.54) is 12.8 Å². The molecule has 1 aliphatic heterocycles. The highest BCUT2D eigenvalue weighted by Gasteiger charge is 2.27. The monoisotopic (exact) mass is 172 g/mol. The molecular weight excluding hydrogens is 152 g/mol. The summed E-state index contributed by atoms with van der Waals surface area (Å²) in [6, 6.07) is 0. The number of rotatable bonds is 4. The zero-order valence-electron chi connectivity index (χ0n) is 8.12. The molecule has 3 atom stereocenters. The van der Waals surface area contributed by atoms with Crippen LogP contribution in [0.2, 0.25) is 0 Å².